The van der Waals surface area contributed by atoms with Crippen molar-refractivity contribution in [1.29, 1.82) is 0 Å². The monoisotopic (exact) mass is 277 g/mol. The summed E-state index contributed by atoms with van der Waals surface area (Å²) in [6.07, 6.45) is 0. The third-order valence-electron chi connectivity index (χ3n) is 3.30. The predicted octanol–water partition coefficient (Wildman–Crippen LogP) is 4.64. The van der Waals surface area contributed by atoms with Gasteiger partial charge in [0.1, 0.15) is 5.82 Å². The molecular formula is C16H17ClFN. The Hall–Kier alpha value is -1.38. The van der Waals surface area contributed by atoms with Crippen molar-refractivity contribution in [3.8, 4) is 0 Å². The van der Waals surface area contributed by atoms with Crippen molar-refractivity contribution in [1.82, 2.24) is 5.32 Å². The summed E-state index contributed by atoms with van der Waals surface area (Å²) >= 11 is 6.01. The van der Waals surface area contributed by atoms with Gasteiger partial charge in [0.15, 0.2) is 0 Å². The van der Waals surface area contributed by atoms with Crippen molar-refractivity contribution in [2.45, 2.75) is 26.4 Å². The molecule has 1 nitrogen and oxygen atoms in total. The maximum atomic E-state index is 13.7. The molecule has 0 bridgehead atoms. The first-order valence-corrected chi connectivity index (χ1v) is 6.69. The molecule has 0 heterocycles. The number of aryl methyl sites for hydroxylation is 1. The van der Waals surface area contributed by atoms with Crippen molar-refractivity contribution in [2.24, 2.45) is 0 Å². The fraction of sp³-hybridized carbons (Fsp3) is 0.250. The van der Waals surface area contributed by atoms with Crippen LogP contribution in [0.2, 0.25) is 5.02 Å². The number of halogens is 2. The Bertz CT molecular complexity index is 548. The lowest BCUT2D eigenvalue weighted by Crippen LogP contribution is -2.19. The maximum Gasteiger partial charge on any atom is 0.129 e. The predicted molar refractivity (Wildman–Crippen MR) is 77.8 cm³/mol. The van der Waals surface area contributed by atoms with Gasteiger partial charge in [-0.3, -0.25) is 0 Å². The molecular weight excluding hydrogens is 261 g/mol. The molecule has 0 saturated carbocycles. The van der Waals surface area contributed by atoms with Crippen LogP contribution in [-0.2, 0) is 6.54 Å². The van der Waals surface area contributed by atoms with Crippen LogP contribution in [0, 0.1) is 12.7 Å². The molecule has 0 aliphatic rings. The second-order valence-corrected chi connectivity index (χ2v) is 5.07. The fourth-order valence-electron chi connectivity index (χ4n) is 2.14. The van der Waals surface area contributed by atoms with Gasteiger partial charge in [-0.2, -0.15) is 0 Å². The largest absolute Gasteiger partial charge is 0.306 e. The van der Waals surface area contributed by atoms with Gasteiger partial charge in [0.25, 0.3) is 0 Å². The van der Waals surface area contributed by atoms with Crippen molar-refractivity contribution in [2.75, 3.05) is 0 Å². The second-order valence-electron chi connectivity index (χ2n) is 4.66. The van der Waals surface area contributed by atoms with E-state index < -0.39 is 0 Å². The standard InChI is InChI=1S/C16H17ClFN/c1-11-6-3-4-7-13(11)12(2)19-10-14-15(17)8-5-9-16(14)18/h3-9,12,19H,10H2,1-2H3. The SMILES string of the molecule is Cc1ccccc1C(C)NCc1c(F)cccc1Cl. The molecule has 3 heteroatoms. The van der Waals surface area contributed by atoms with Gasteiger partial charge in [-0.25, -0.2) is 4.39 Å². The average Bonchev–Trinajstić information content (AvgIpc) is 2.38. The van der Waals surface area contributed by atoms with E-state index >= 15 is 0 Å². The molecule has 0 saturated heterocycles. The normalized spacial score (nSPS) is 12.4. The van der Waals surface area contributed by atoms with Crippen molar-refractivity contribution in [3.63, 3.8) is 0 Å². The molecule has 0 fully saturated rings. The molecule has 1 atom stereocenters. The fourth-order valence-corrected chi connectivity index (χ4v) is 2.37. The molecule has 2 rings (SSSR count). The molecule has 19 heavy (non-hydrogen) atoms. The first-order valence-electron chi connectivity index (χ1n) is 6.31. The summed E-state index contributed by atoms with van der Waals surface area (Å²) in [4.78, 5) is 0. The third-order valence-corrected chi connectivity index (χ3v) is 3.66. The molecule has 0 aromatic heterocycles. The summed E-state index contributed by atoms with van der Waals surface area (Å²) in [5.74, 6) is -0.267. The molecule has 1 N–H and O–H groups in total. The Labute approximate surface area is 118 Å². The molecule has 0 radical (unpaired) electrons. The van der Waals surface area contributed by atoms with Gasteiger partial charge in [0.2, 0.25) is 0 Å². The zero-order chi connectivity index (χ0) is 13.8. The lowest BCUT2D eigenvalue weighted by molar-refractivity contribution is 0.543. The molecule has 2 aromatic carbocycles. The van der Waals surface area contributed by atoms with E-state index in [1.807, 2.05) is 12.1 Å². The average molecular weight is 278 g/mol. The second kappa shape index (κ2) is 6.18. The number of hydrogen-bond donors (Lipinski definition) is 1. The van der Waals surface area contributed by atoms with Crippen LogP contribution in [-0.4, -0.2) is 0 Å². The highest BCUT2D eigenvalue weighted by molar-refractivity contribution is 6.31. The highest BCUT2D eigenvalue weighted by Crippen LogP contribution is 2.21. The number of benzene rings is 2. The van der Waals surface area contributed by atoms with Crippen LogP contribution >= 0.6 is 11.6 Å². The topological polar surface area (TPSA) is 12.0 Å². The highest BCUT2D eigenvalue weighted by Gasteiger charge is 2.10. The Morgan fingerprint density at radius 1 is 1.16 bits per heavy atom. The number of hydrogen-bond acceptors (Lipinski definition) is 1. The van der Waals surface area contributed by atoms with E-state index in [2.05, 4.69) is 31.3 Å². The lowest BCUT2D eigenvalue weighted by Gasteiger charge is -2.17. The van der Waals surface area contributed by atoms with Gasteiger partial charge in [0.05, 0.1) is 0 Å². The first kappa shape index (κ1) is 14.0. The highest BCUT2D eigenvalue weighted by atomic mass is 35.5. The van der Waals surface area contributed by atoms with Crippen LogP contribution in [0.5, 0.6) is 0 Å². The van der Waals surface area contributed by atoms with Crippen LogP contribution < -0.4 is 5.32 Å². The van der Waals surface area contributed by atoms with Crippen molar-refractivity contribution < 1.29 is 4.39 Å². The zero-order valence-electron chi connectivity index (χ0n) is 11.1. The Kier molecular flexibility index (Phi) is 4.56. The number of nitrogens with one attached hydrogen (secondary N) is 1. The molecule has 0 aliphatic carbocycles. The van der Waals surface area contributed by atoms with E-state index in [9.17, 15) is 4.39 Å². The van der Waals surface area contributed by atoms with E-state index in [1.165, 1.54) is 17.2 Å². The van der Waals surface area contributed by atoms with E-state index in [0.717, 1.165) is 0 Å². The maximum absolute atomic E-state index is 13.7. The summed E-state index contributed by atoms with van der Waals surface area (Å²) in [6, 6.07) is 13.1. The van der Waals surface area contributed by atoms with E-state index in [0.29, 0.717) is 17.1 Å². The van der Waals surface area contributed by atoms with Gasteiger partial charge < -0.3 is 5.32 Å². The summed E-state index contributed by atoms with van der Waals surface area (Å²) in [7, 11) is 0. The summed E-state index contributed by atoms with van der Waals surface area (Å²) in [6.45, 7) is 4.56. The van der Waals surface area contributed by atoms with E-state index in [-0.39, 0.29) is 11.9 Å². The Morgan fingerprint density at radius 2 is 1.89 bits per heavy atom. The molecule has 1 unspecified atom stereocenters. The van der Waals surface area contributed by atoms with Crippen molar-refractivity contribution >= 4 is 11.6 Å². The molecule has 2 aromatic rings. The lowest BCUT2D eigenvalue weighted by atomic mass is 10.0. The van der Waals surface area contributed by atoms with Gasteiger partial charge in [-0.05, 0) is 37.1 Å². The molecule has 0 spiro atoms. The van der Waals surface area contributed by atoms with Gasteiger partial charge >= 0.3 is 0 Å². The van der Waals surface area contributed by atoms with Crippen LogP contribution in [0.25, 0.3) is 0 Å². The molecule has 0 aliphatic heterocycles. The molecule has 0 amide bonds. The minimum atomic E-state index is -0.267. The van der Waals surface area contributed by atoms with Crippen LogP contribution in [0.1, 0.15) is 29.7 Å². The third kappa shape index (κ3) is 3.34. The smallest absolute Gasteiger partial charge is 0.129 e. The Balaban J connectivity index is 2.09. The van der Waals surface area contributed by atoms with Gasteiger partial charge in [0, 0.05) is 23.2 Å². The first-order chi connectivity index (χ1) is 9.09. The summed E-state index contributed by atoms with van der Waals surface area (Å²) < 4.78 is 13.7. The minimum absolute atomic E-state index is 0.150. The van der Waals surface area contributed by atoms with Crippen LogP contribution in [0.15, 0.2) is 42.5 Å². The van der Waals surface area contributed by atoms with Crippen molar-refractivity contribution in [3.05, 3.63) is 70.0 Å². The van der Waals surface area contributed by atoms with E-state index in [1.54, 1.807) is 12.1 Å². The van der Waals surface area contributed by atoms with Crippen LogP contribution in [0.4, 0.5) is 4.39 Å². The van der Waals surface area contributed by atoms with E-state index in [4.69, 9.17) is 11.6 Å². The van der Waals surface area contributed by atoms with Crippen LogP contribution in [0.3, 0.4) is 0 Å². The summed E-state index contributed by atoms with van der Waals surface area (Å²) in [5, 5.41) is 3.78. The quantitative estimate of drug-likeness (QED) is 0.858. The number of rotatable bonds is 4. The molecule has 100 valence electrons. The zero-order valence-corrected chi connectivity index (χ0v) is 11.8. The Morgan fingerprint density at radius 3 is 2.58 bits per heavy atom. The van der Waals surface area contributed by atoms with Gasteiger partial charge in [-0.15, -0.1) is 0 Å². The van der Waals surface area contributed by atoms with Gasteiger partial charge in [-0.1, -0.05) is 41.9 Å². The minimum Gasteiger partial charge on any atom is -0.306 e. The summed E-state index contributed by atoms with van der Waals surface area (Å²) in [5.41, 5.74) is 2.96.